The molecule has 3 rings (SSSR count). The Kier molecular flexibility index (Phi) is 4.52. The van der Waals surface area contributed by atoms with Gasteiger partial charge >= 0.3 is 0 Å². The van der Waals surface area contributed by atoms with Crippen LogP contribution in [-0.2, 0) is 0 Å². The second-order valence-corrected chi connectivity index (χ2v) is 6.73. The van der Waals surface area contributed by atoms with Gasteiger partial charge in [0.2, 0.25) is 0 Å². The van der Waals surface area contributed by atoms with E-state index in [1.54, 1.807) is 0 Å². The van der Waals surface area contributed by atoms with Crippen molar-refractivity contribution in [1.29, 1.82) is 0 Å². The van der Waals surface area contributed by atoms with Crippen LogP contribution in [0.2, 0.25) is 0 Å². The van der Waals surface area contributed by atoms with Crippen LogP contribution in [0.3, 0.4) is 0 Å². The maximum atomic E-state index is 12.7. The number of thiazole rings is 1. The first-order chi connectivity index (χ1) is 11.1. The normalized spacial score (nSPS) is 18.1. The zero-order chi connectivity index (χ0) is 16.4. The molecule has 1 atom stereocenters. The molecule has 6 heteroatoms. The molecule has 122 valence electrons. The molecule has 0 bridgehead atoms. The lowest BCUT2D eigenvalue weighted by Crippen LogP contribution is -2.54. The number of nitrogens with zero attached hydrogens (tertiary/aromatic N) is 3. The second-order valence-electron chi connectivity index (χ2n) is 5.87. The summed E-state index contributed by atoms with van der Waals surface area (Å²) in [6.07, 6.45) is 0. The number of para-hydroxylation sites is 1. The Hall–Kier alpha value is -2.08. The Morgan fingerprint density at radius 2 is 2.13 bits per heavy atom. The highest BCUT2D eigenvalue weighted by molar-refractivity contribution is 7.13. The van der Waals surface area contributed by atoms with Gasteiger partial charge in [0.25, 0.3) is 5.91 Å². The minimum absolute atomic E-state index is 0.0275. The van der Waals surface area contributed by atoms with Gasteiger partial charge in [0.1, 0.15) is 5.69 Å². The lowest BCUT2D eigenvalue weighted by atomic mass is 10.1. The maximum Gasteiger partial charge on any atom is 0.273 e. The third-order valence-electron chi connectivity index (χ3n) is 4.28. The van der Waals surface area contributed by atoms with Crippen LogP contribution in [0, 0.1) is 6.92 Å². The van der Waals surface area contributed by atoms with Crippen molar-refractivity contribution in [3.05, 3.63) is 40.9 Å². The zero-order valence-corrected chi connectivity index (χ0v) is 14.6. The van der Waals surface area contributed by atoms with Crippen molar-refractivity contribution in [3.63, 3.8) is 0 Å². The number of aromatic nitrogens is 1. The largest absolute Gasteiger partial charge is 0.367 e. The SMILES string of the molecule is CNc1nc(C(=O)N2CCN(c3ccccc3C)C[C@H]2C)cs1. The first kappa shape index (κ1) is 15.8. The molecule has 2 aromatic rings. The number of amides is 1. The van der Waals surface area contributed by atoms with Gasteiger partial charge in [-0.3, -0.25) is 4.79 Å². The van der Waals surface area contributed by atoms with Crippen molar-refractivity contribution < 1.29 is 4.79 Å². The van der Waals surface area contributed by atoms with Crippen molar-refractivity contribution in [1.82, 2.24) is 9.88 Å². The highest BCUT2D eigenvalue weighted by atomic mass is 32.1. The molecular weight excluding hydrogens is 308 g/mol. The van der Waals surface area contributed by atoms with E-state index in [2.05, 4.69) is 53.3 Å². The predicted octanol–water partition coefficient (Wildman–Crippen LogP) is 2.84. The van der Waals surface area contributed by atoms with Crippen molar-refractivity contribution >= 4 is 28.1 Å². The number of anilines is 2. The van der Waals surface area contributed by atoms with Gasteiger partial charge in [-0.2, -0.15) is 0 Å². The van der Waals surface area contributed by atoms with Gasteiger partial charge in [-0.1, -0.05) is 18.2 Å². The molecule has 1 aliphatic rings. The maximum absolute atomic E-state index is 12.7. The van der Waals surface area contributed by atoms with E-state index >= 15 is 0 Å². The standard InChI is InChI=1S/C17H22N4OS/c1-12-6-4-5-7-15(12)20-8-9-21(13(2)10-20)16(22)14-11-23-17(18-3)19-14/h4-7,11,13H,8-10H2,1-3H3,(H,18,19)/t13-/m1/s1. The van der Waals surface area contributed by atoms with E-state index in [1.807, 2.05) is 17.3 Å². The van der Waals surface area contributed by atoms with Crippen LogP contribution in [0.5, 0.6) is 0 Å². The first-order valence-corrected chi connectivity index (χ1v) is 8.73. The minimum Gasteiger partial charge on any atom is -0.367 e. The topological polar surface area (TPSA) is 48.5 Å². The number of hydrogen-bond acceptors (Lipinski definition) is 5. The molecule has 0 saturated carbocycles. The Balaban J connectivity index is 1.71. The third-order valence-corrected chi connectivity index (χ3v) is 5.14. The van der Waals surface area contributed by atoms with Crippen molar-refractivity contribution in [2.45, 2.75) is 19.9 Å². The monoisotopic (exact) mass is 330 g/mol. The summed E-state index contributed by atoms with van der Waals surface area (Å²) in [6, 6.07) is 8.57. The average Bonchev–Trinajstić information content (AvgIpc) is 3.04. The van der Waals surface area contributed by atoms with Crippen LogP contribution in [0.25, 0.3) is 0 Å². The Bertz CT molecular complexity index is 699. The third kappa shape index (κ3) is 3.17. The predicted molar refractivity (Wildman–Crippen MR) is 95.6 cm³/mol. The Morgan fingerprint density at radius 1 is 1.35 bits per heavy atom. The van der Waals surface area contributed by atoms with E-state index in [-0.39, 0.29) is 11.9 Å². The molecule has 0 radical (unpaired) electrons. The van der Waals surface area contributed by atoms with E-state index in [4.69, 9.17) is 0 Å². The number of carbonyl (C=O) groups excluding carboxylic acids is 1. The summed E-state index contributed by atoms with van der Waals surface area (Å²) in [4.78, 5) is 21.3. The number of nitrogens with one attached hydrogen (secondary N) is 1. The van der Waals surface area contributed by atoms with Crippen LogP contribution >= 0.6 is 11.3 Å². The number of rotatable bonds is 3. The zero-order valence-electron chi connectivity index (χ0n) is 13.7. The van der Waals surface area contributed by atoms with E-state index in [0.717, 1.165) is 24.8 Å². The molecule has 1 N–H and O–H groups in total. The van der Waals surface area contributed by atoms with E-state index in [0.29, 0.717) is 5.69 Å². The van der Waals surface area contributed by atoms with Crippen molar-refractivity contribution in [2.75, 3.05) is 36.9 Å². The van der Waals surface area contributed by atoms with Gasteiger partial charge in [0.05, 0.1) is 0 Å². The number of benzene rings is 1. The quantitative estimate of drug-likeness (QED) is 0.940. The molecule has 2 heterocycles. The van der Waals surface area contributed by atoms with Crippen LogP contribution < -0.4 is 10.2 Å². The van der Waals surface area contributed by atoms with Gasteiger partial charge in [-0.25, -0.2) is 4.98 Å². The molecule has 1 aromatic carbocycles. The van der Waals surface area contributed by atoms with Crippen LogP contribution in [0.4, 0.5) is 10.8 Å². The van der Waals surface area contributed by atoms with Gasteiger partial charge in [0, 0.05) is 43.8 Å². The summed E-state index contributed by atoms with van der Waals surface area (Å²) in [6.45, 7) is 6.66. The van der Waals surface area contributed by atoms with Crippen LogP contribution in [0.15, 0.2) is 29.6 Å². The highest BCUT2D eigenvalue weighted by Gasteiger charge is 2.29. The number of piperazine rings is 1. The van der Waals surface area contributed by atoms with Gasteiger partial charge < -0.3 is 15.1 Å². The van der Waals surface area contributed by atoms with Crippen molar-refractivity contribution in [2.24, 2.45) is 0 Å². The summed E-state index contributed by atoms with van der Waals surface area (Å²) in [5.74, 6) is 0.0275. The van der Waals surface area contributed by atoms with Gasteiger partial charge in [-0.05, 0) is 25.5 Å². The van der Waals surface area contributed by atoms with E-state index in [9.17, 15) is 4.79 Å². The highest BCUT2D eigenvalue weighted by Crippen LogP contribution is 2.24. The number of aryl methyl sites for hydroxylation is 1. The Labute approximate surface area is 140 Å². The summed E-state index contributed by atoms with van der Waals surface area (Å²) in [5.41, 5.74) is 3.07. The summed E-state index contributed by atoms with van der Waals surface area (Å²) >= 11 is 1.46. The van der Waals surface area contributed by atoms with Gasteiger partial charge in [0.15, 0.2) is 5.13 Å². The molecule has 1 fully saturated rings. The summed E-state index contributed by atoms with van der Waals surface area (Å²) < 4.78 is 0. The number of carbonyl (C=O) groups is 1. The fourth-order valence-corrected chi connectivity index (χ4v) is 3.68. The van der Waals surface area contributed by atoms with Gasteiger partial charge in [-0.15, -0.1) is 11.3 Å². The lowest BCUT2D eigenvalue weighted by molar-refractivity contribution is 0.0669. The minimum atomic E-state index is 0.0275. The molecule has 1 aromatic heterocycles. The molecule has 1 amide bonds. The average molecular weight is 330 g/mol. The van der Waals surface area contributed by atoms with Crippen LogP contribution in [-0.4, -0.2) is 48.5 Å². The molecule has 0 aliphatic carbocycles. The summed E-state index contributed by atoms with van der Waals surface area (Å²) in [7, 11) is 1.82. The first-order valence-electron chi connectivity index (χ1n) is 7.85. The summed E-state index contributed by atoms with van der Waals surface area (Å²) in [5, 5.41) is 5.58. The molecule has 0 spiro atoms. The Morgan fingerprint density at radius 3 is 2.78 bits per heavy atom. The van der Waals surface area contributed by atoms with E-state index < -0.39 is 0 Å². The van der Waals surface area contributed by atoms with Crippen LogP contribution in [0.1, 0.15) is 23.0 Å². The molecular formula is C17H22N4OS. The molecule has 23 heavy (non-hydrogen) atoms. The smallest absolute Gasteiger partial charge is 0.273 e. The van der Waals surface area contributed by atoms with Crippen molar-refractivity contribution in [3.8, 4) is 0 Å². The molecule has 1 saturated heterocycles. The second kappa shape index (κ2) is 6.58. The molecule has 1 aliphatic heterocycles. The fraction of sp³-hybridized carbons (Fsp3) is 0.412. The number of hydrogen-bond donors (Lipinski definition) is 1. The molecule has 0 unspecified atom stereocenters. The molecule has 5 nitrogen and oxygen atoms in total. The lowest BCUT2D eigenvalue weighted by Gasteiger charge is -2.41. The van der Waals surface area contributed by atoms with E-state index in [1.165, 1.54) is 22.6 Å². The fourth-order valence-electron chi connectivity index (χ4n) is 3.03.